The van der Waals surface area contributed by atoms with Crippen molar-refractivity contribution < 1.29 is 0 Å². The van der Waals surface area contributed by atoms with Gasteiger partial charge in [0.15, 0.2) is 0 Å². The summed E-state index contributed by atoms with van der Waals surface area (Å²) in [5, 5.41) is 0. The number of aliphatic imine (C=N–C) groups is 2. The second-order valence-corrected chi connectivity index (χ2v) is 3.31. The molecule has 0 amide bonds. The van der Waals surface area contributed by atoms with Gasteiger partial charge in [0.05, 0.1) is 17.1 Å². The van der Waals surface area contributed by atoms with Crippen LogP contribution in [-0.2, 0) is 0 Å². The maximum atomic E-state index is 4.34. The highest BCUT2D eigenvalue weighted by molar-refractivity contribution is 6.16. The van der Waals surface area contributed by atoms with E-state index in [0.29, 0.717) is 0 Å². The average molecular weight is 195 g/mol. The lowest BCUT2D eigenvalue weighted by atomic mass is 10.1. The lowest BCUT2D eigenvalue weighted by Gasteiger charge is -2.01. The molecule has 2 aliphatic heterocycles. The SMILES string of the molecule is C1=C/C(=C2/C=CN=C2c2ccc[nH]2)N=C1. The van der Waals surface area contributed by atoms with Crippen LogP contribution in [0.1, 0.15) is 5.69 Å². The Kier molecular flexibility index (Phi) is 1.75. The summed E-state index contributed by atoms with van der Waals surface area (Å²) in [4.78, 5) is 11.8. The molecular weight excluding hydrogens is 186 g/mol. The highest BCUT2D eigenvalue weighted by Gasteiger charge is 2.15. The summed E-state index contributed by atoms with van der Waals surface area (Å²) >= 11 is 0. The lowest BCUT2D eigenvalue weighted by molar-refractivity contribution is 1.35. The van der Waals surface area contributed by atoms with Crippen LogP contribution in [0, 0.1) is 0 Å². The van der Waals surface area contributed by atoms with Crippen molar-refractivity contribution in [3.63, 3.8) is 0 Å². The predicted octanol–water partition coefficient (Wildman–Crippen LogP) is 2.23. The topological polar surface area (TPSA) is 40.5 Å². The van der Waals surface area contributed by atoms with E-state index in [1.807, 2.05) is 36.6 Å². The summed E-state index contributed by atoms with van der Waals surface area (Å²) in [6.45, 7) is 0. The molecule has 0 saturated heterocycles. The summed E-state index contributed by atoms with van der Waals surface area (Å²) in [6.07, 6.45) is 11.4. The number of nitrogens with one attached hydrogen (secondary N) is 1. The highest BCUT2D eigenvalue weighted by Crippen LogP contribution is 2.21. The molecular formula is C12H9N3. The van der Waals surface area contributed by atoms with E-state index < -0.39 is 0 Å². The second kappa shape index (κ2) is 3.20. The first-order chi connectivity index (χ1) is 7.45. The normalized spacial score (nSPS) is 22.8. The van der Waals surface area contributed by atoms with E-state index in [1.165, 1.54) is 0 Å². The minimum Gasteiger partial charge on any atom is -0.360 e. The van der Waals surface area contributed by atoms with Gasteiger partial charge in [0, 0.05) is 24.2 Å². The van der Waals surface area contributed by atoms with Crippen molar-refractivity contribution in [3.8, 4) is 0 Å². The monoisotopic (exact) mass is 195 g/mol. The molecule has 3 heterocycles. The molecule has 0 radical (unpaired) electrons. The zero-order valence-corrected chi connectivity index (χ0v) is 8.01. The van der Waals surface area contributed by atoms with E-state index in [1.54, 1.807) is 12.4 Å². The Morgan fingerprint density at radius 1 is 1.20 bits per heavy atom. The standard InChI is InChI=1S/C12H9N3/c1-3-10(13-6-1)9-5-8-15-12(9)11-4-2-7-14-11/h1-8,14H/b10-9+. The quantitative estimate of drug-likeness (QED) is 0.714. The van der Waals surface area contributed by atoms with Gasteiger partial charge in [0.25, 0.3) is 0 Å². The lowest BCUT2D eigenvalue weighted by Crippen LogP contribution is -2.02. The predicted molar refractivity (Wildman–Crippen MR) is 61.1 cm³/mol. The molecule has 1 aromatic heterocycles. The molecule has 1 N–H and O–H groups in total. The van der Waals surface area contributed by atoms with Crippen LogP contribution in [0.3, 0.4) is 0 Å². The second-order valence-electron chi connectivity index (χ2n) is 3.31. The zero-order chi connectivity index (χ0) is 10.1. The van der Waals surface area contributed by atoms with Gasteiger partial charge in [-0.05, 0) is 30.4 Å². The Balaban J connectivity index is 2.09. The molecule has 0 spiro atoms. The molecule has 3 nitrogen and oxygen atoms in total. The van der Waals surface area contributed by atoms with Gasteiger partial charge in [-0.15, -0.1) is 0 Å². The number of H-pyrrole nitrogens is 1. The fourth-order valence-corrected chi connectivity index (χ4v) is 1.69. The molecule has 2 aliphatic rings. The van der Waals surface area contributed by atoms with E-state index in [9.17, 15) is 0 Å². The number of aromatic nitrogens is 1. The molecule has 1 aromatic rings. The Morgan fingerprint density at radius 2 is 2.20 bits per heavy atom. The van der Waals surface area contributed by atoms with E-state index >= 15 is 0 Å². The molecule has 0 atom stereocenters. The maximum absolute atomic E-state index is 4.34. The van der Waals surface area contributed by atoms with E-state index in [-0.39, 0.29) is 0 Å². The largest absolute Gasteiger partial charge is 0.360 e. The minimum atomic E-state index is 0.957. The zero-order valence-electron chi connectivity index (χ0n) is 8.01. The summed E-state index contributed by atoms with van der Waals surface area (Å²) in [5.74, 6) is 0. The molecule has 3 rings (SSSR count). The van der Waals surface area contributed by atoms with Gasteiger partial charge in [0.1, 0.15) is 0 Å². The Morgan fingerprint density at radius 3 is 2.93 bits per heavy atom. The first kappa shape index (κ1) is 8.17. The third-order valence-corrected chi connectivity index (χ3v) is 2.38. The number of aromatic amines is 1. The van der Waals surface area contributed by atoms with E-state index in [0.717, 1.165) is 22.7 Å². The summed E-state index contributed by atoms with van der Waals surface area (Å²) in [6, 6.07) is 3.97. The summed E-state index contributed by atoms with van der Waals surface area (Å²) < 4.78 is 0. The third kappa shape index (κ3) is 1.29. The number of nitrogens with zero attached hydrogens (tertiary/aromatic N) is 2. The first-order valence-corrected chi connectivity index (χ1v) is 4.78. The van der Waals surface area contributed by atoms with Crippen LogP contribution in [0.2, 0.25) is 0 Å². The van der Waals surface area contributed by atoms with Crippen molar-refractivity contribution in [2.45, 2.75) is 0 Å². The van der Waals surface area contributed by atoms with Crippen LogP contribution in [0.15, 0.2) is 64.0 Å². The minimum absolute atomic E-state index is 0.957. The maximum Gasteiger partial charge on any atom is 0.0958 e. The fraction of sp³-hybridized carbons (Fsp3) is 0. The average Bonchev–Trinajstić information content (AvgIpc) is 3.01. The van der Waals surface area contributed by atoms with E-state index in [4.69, 9.17) is 0 Å². The van der Waals surface area contributed by atoms with Gasteiger partial charge in [-0.2, -0.15) is 0 Å². The van der Waals surface area contributed by atoms with Gasteiger partial charge in [0.2, 0.25) is 0 Å². The van der Waals surface area contributed by atoms with Crippen molar-refractivity contribution >= 4 is 11.9 Å². The van der Waals surface area contributed by atoms with Gasteiger partial charge in [-0.25, -0.2) is 0 Å². The van der Waals surface area contributed by atoms with Crippen LogP contribution in [-0.4, -0.2) is 16.9 Å². The van der Waals surface area contributed by atoms with Crippen molar-refractivity contribution in [2.24, 2.45) is 9.98 Å². The van der Waals surface area contributed by atoms with Crippen LogP contribution in [0.5, 0.6) is 0 Å². The number of rotatable bonds is 1. The van der Waals surface area contributed by atoms with Crippen molar-refractivity contribution in [3.05, 3.63) is 59.7 Å². The van der Waals surface area contributed by atoms with E-state index in [2.05, 4.69) is 15.0 Å². The summed E-state index contributed by atoms with van der Waals surface area (Å²) in [5.41, 5.74) is 4.02. The Hall–Kier alpha value is -2.16. The first-order valence-electron chi connectivity index (χ1n) is 4.78. The molecule has 0 fully saturated rings. The number of hydrogen-bond acceptors (Lipinski definition) is 2. The van der Waals surface area contributed by atoms with Gasteiger partial charge >= 0.3 is 0 Å². The molecule has 15 heavy (non-hydrogen) atoms. The molecule has 0 unspecified atom stereocenters. The molecule has 0 aliphatic carbocycles. The van der Waals surface area contributed by atoms with Crippen molar-refractivity contribution in [1.29, 1.82) is 0 Å². The van der Waals surface area contributed by atoms with Crippen LogP contribution >= 0.6 is 0 Å². The molecule has 0 aromatic carbocycles. The van der Waals surface area contributed by atoms with Crippen molar-refractivity contribution in [1.82, 2.24) is 4.98 Å². The fourth-order valence-electron chi connectivity index (χ4n) is 1.69. The molecule has 0 saturated carbocycles. The molecule has 72 valence electrons. The van der Waals surface area contributed by atoms with Crippen LogP contribution in [0.4, 0.5) is 0 Å². The Bertz CT molecular complexity index is 511. The van der Waals surface area contributed by atoms with Gasteiger partial charge in [-0.1, -0.05) is 0 Å². The van der Waals surface area contributed by atoms with Gasteiger partial charge in [-0.3, -0.25) is 9.98 Å². The molecule has 3 heteroatoms. The van der Waals surface area contributed by atoms with Gasteiger partial charge < -0.3 is 4.98 Å². The third-order valence-electron chi connectivity index (χ3n) is 2.38. The number of hydrogen-bond donors (Lipinski definition) is 1. The smallest absolute Gasteiger partial charge is 0.0958 e. The molecule has 0 bridgehead atoms. The van der Waals surface area contributed by atoms with Crippen molar-refractivity contribution in [2.75, 3.05) is 0 Å². The highest BCUT2D eigenvalue weighted by atomic mass is 14.8. The Labute approximate surface area is 87.3 Å². The van der Waals surface area contributed by atoms with Crippen LogP contribution in [0.25, 0.3) is 0 Å². The summed E-state index contributed by atoms with van der Waals surface area (Å²) in [7, 11) is 0. The van der Waals surface area contributed by atoms with Crippen LogP contribution < -0.4 is 0 Å². The number of allylic oxidation sites excluding steroid dienone is 4.